The van der Waals surface area contributed by atoms with E-state index in [-0.39, 0.29) is 41.4 Å². The number of aliphatic imine (C=N–C) groups is 1. The molecule has 1 saturated carbocycles. The minimum Gasteiger partial charge on any atom is -0.365 e. The molecule has 4 rings (SSSR count). The van der Waals surface area contributed by atoms with Crippen LogP contribution in [-0.4, -0.2) is 47.3 Å². The summed E-state index contributed by atoms with van der Waals surface area (Å²) in [5.41, 5.74) is 12.5. The maximum Gasteiger partial charge on any atom is 0.252 e. The highest BCUT2D eigenvalue weighted by molar-refractivity contribution is 5.98. The monoisotopic (exact) mass is 399 g/mol. The van der Waals surface area contributed by atoms with E-state index in [1.807, 2.05) is 30.3 Å². The van der Waals surface area contributed by atoms with Crippen LogP contribution in [-0.2, 0) is 0 Å². The number of amides is 1. The van der Waals surface area contributed by atoms with E-state index in [1.54, 1.807) is 6.21 Å². The number of carbonyl (C=O) groups is 1. The Bertz CT molecular complexity index is 897. The second kappa shape index (κ2) is 7.82. The SMILES string of the molecule is CN1C=CC2C(Nc3nc(N[C@@H]4CCCC[C@@H]4N)c(F)cc3C(N)=O)=CC=NC21. The summed E-state index contributed by atoms with van der Waals surface area (Å²) in [7, 11) is 1.95. The molecule has 1 amide bonds. The van der Waals surface area contributed by atoms with Gasteiger partial charge >= 0.3 is 0 Å². The van der Waals surface area contributed by atoms with Crippen LogP contribution in [0.5, 0.6) is 0 Å². The summed E-state index contributed by atoms with van der Waals surface area (Å²) < 4.78 is 14.7. The summed E-state index contributed by atoms with van der Waals surface area (Å²) in [6.07, 6.45) is 11.3. The summed E-state index contributed by atoms with van der Waals surface area (Å²) in [5, 5.41) is 6.31. The highest BCUT2D eigenvalue weighted by atomic mass is 19.1. The van der Waals surface area contributed by atoms with Gasteiger partial charge in [-0.3, -0.25) is 9.79 Å². The van der Waals surface area contributed by atoms with Crippen molar-refractivity contribution >= 4 is 23.8 Å². The molecule has 0 spiro atoms. The number of fused-ring (bicyclic) bond motifs is 1. The Kier molecular flexibility index (Phi) is 5.23. The highest BCUT2D eigenvalue weighted by Crippen LogP contribution is 2.32. The summed E-state index contributed by atoms with van der Waals surface area (Å²) in [5.74, 6) is -1.10. The minimum absolute atomic E-state index is 0.00344. The molecule has 0 radical (unpaired) electrons. The van der Waals surface area contributed by atoms with E-state index in [9.17, 15) is 9.18 Å². The van der Waals surface area contributed by atoms with Crippen molar-refractivity contribution in [3.05, 3.63) is 41.5 Å². The average molecular weight is 399 g/mol. The maximum absolute atomic E-state index is 14.7. The first-order chi connectivity index (χ1) is 13.9. The number of nitrogens with two attached hydrogens (primary N) is 2. The van der Waals surface area contributed by atoms with Crippen LogP contribution in [0.2, 0.25) is 0 Å². The van der Waals surface area contributed by atoms with Gasteiger partial charge in [0.15, 0.2) is 11.6 Å². The number of aromatic nitrogens is 1. The number of pyridine rings is 1. The fourth-order valence-corrected chi connectivity index (χ4v) is 4.10. The van der Waals surface area contributed by atoms with Crippen molar-refractivity contribution in [2.24, 2.45) is 22.4 Å². The molecule has 0 bridgehead atoms. The lowest BCUT2D eigenvalue weighted by Crippen LogP contribution is -2.43. The lowest BCUT2D eigenvalue weighted by molar-refractivity contribution is 0.100. The molecule has 1 aromatic rings. The second-order valence-electron chi connectivity index (χ2n) is 7.77. The highest BCUT2D eigenvalue weighted by Gasteiger charge is 2.32. The molecule has 3 heterocycles. The first-order valence-electron chi connectivity index (χ1n) is 9.87. The number of primary amides is 1. The molecule has 8 nitrogen and oxygen atoms in total. The van der Waals surface area contributed by atoms with Crippen molar-refractivity contribution < 1.29 is 9.18 Å². The fraction of sp³-hybridized carbons (Fsp3) is 0.450. The van der Waals surface area contributed by atoms with Crippen LogP contribution >= 0.6 is 0 Å². The molecule has 1 aromatic heterocycles. The van der Waals surface area contributed by atoms with Crippen molar-refractivity contribution in [2.75, 3.05) is 17.7 Å². The molecular formula is C20H26FN7O. The molecule has 0 aromatic carbocycles. The van der Waals surface area contributed by atoms with Crippen LogP contribution in [0.1, 0.15) is 36.0 Å². The first kappa shape index (κ1) is 19.4. The topological polar surface area (TPSA) is 122 Å². The van der Waals surface area contributed by atoms with Crippen molar-refractivity contribution in [1.82, 2.24) is 9.88 Å². The Hall–Kier alpha value is -2.94. The third-order valence-corrected chi connectivity index (χ3v) is 5.76. The van der Waals surface area contributed by atoms with Crippen molar-refractivity contribution in [3.63, 3.8) is 0 Å². The third-order valence-electron chi connectivity index (χ3n) is 5.76. The van der Waals surface area contributed by atoms with Gasteiger partial charge < -0.3 is 27.0 Å². The fourth-order valence-electron chi connectivity index (χ4n) is 4.10. The van der Waals surface area contributed by atoms with E-state index in [1.165, 1.54) is 0 Å². The standard InChI is InChI=1S/C20H26FN7O/c1-28-9-7-11-15(6-8-24-20(11)28)25-18-12(17(23)29)10-13(21)19(27-18)26-16-5-3-2-4-14(16)22/h6-11,14,16,20H,2-5,22H2,1H3,(H2,23,29)(H2,25,26,27)/t11?,14-,16+,20?/m0/s1. The lowest BCUT2D eigenvalue weighted by Gasteiger charge is -2.30. The Labute approximate surface area is 168 Å². The van der Waals surface area contributed by atoms with Gasteiger partial charge in [0.05, 0.1) is 11.5 Å². The number of hydrogen-bond donors (Lipinski definition) is 4. The van der Waals surface area contributed by atoms with Gasteiger partial charge in [-0.2, -0.15) is 0 Å². The van der Waals surface area contributed by atoms with Crippen LogP contribution in [0.15, 0.2) is 35.1 Å². The molecule has 6 N–H and O–H groups in total. The summed E-state index contributed by atoms with van der Waals surface area (Å²) in [6, 6.07) is 1.00. The molecule has 0 saturated heterocycles. The Balaban J connectivity index is 1.63. The van der Waals surface area contributed by atoms with Crippen molar-refractivity contribution in [3.8, 4) is 0 Å². The number of rotatable bonds is 5. The zero-order valence-corrected chi connectivity index (χ0v) is 16.3. The van der Waals surface area contributed by atoms with Gasteiger partial charge in [-0.1, -0.05) is 18.9 Å². The van der Waals surface area contributed by atoms with Gasteiger partial charge in [0, 0.05) is 31.0 Å². The van der Waals surface area contributed by atoms with Crippen molar-refractivity contribution in [1.29, 1.82) is 0 Å². The van der Waals surface area contributed by atoms with Gasteiger partial charge in [0.1, 0.15) is 12.0 Å². The average Bonchev–Trinajstić information content (AvgIpc) is 3.08. The molecule has 4 atom stereocenters. The summed E-state index contributed by atoms with van der Waals surface area (Å²) >= 11 is 0. The number of halogens is 1. The lowest BCUT2D eigenvalue weighted by atomic mass is 9.91. The van der Waals surface area contributed by atoms with Crippen LogP contribution in [0.4, 0.5) is 16.0 Å². The first-order valence-corrected chi connectivity index (χ1v) is 9.87. The normalized spacial score (nSPS) is 28.1. The van der Waals surface area contributed by atoms with E-state index >= 15 is 0 Å². The van der Waals surface area contributed by atoms with Crippen molar-refractivity contribution in [2.45, 2.75) is 43.9 Å². The Morgan fingerprint density at radius 1 is 1.31 bits per heavy atom. The van der Waals surface area contributed by atoms with Crippen LogP contribution < -0.4 is 22.1 Å². The number of anilines is 2. The number of allylic oxidation sites excluding steroid dienone is 1. The van der Waals surface area contributed by atoms with Gasteiger partial charge in [0.2, 0.25) is 0 Å². The molecule has 29 heavy (non-hydrogen) atoms. The van der Waals surface area contributed by atoms with Gasteiger partial charge in [-0.25, -0.2) is 9.37 Å². The zero-order valence-electron chi connectivity index (χ0n) is 16.3. The number of dihydropyridines is 1. The smallest absolute Gasteiger partial charge is 0.252 e. The van der Waals surface area contributed by atoms with Gasteiger partial charge in [-0.15, -0.1) is 0 Å². The van der Waals surface area contributed by atoms with Gasteiger partial charge in [-0.05, 0) is 31.2 Å². The van der Waals surface area contributed by atoms with E-state index in [2.05, 4.69) is 20.6 Å². The summed E-state index contributed by atoms with van der Waals surface area (Å²) in [4.78, 5) is 22.8. The van der Waals surface area contributed by atoms with Crippen LogP contribution in [0.3, 0.4) is 0 Å². The quantitative estimate of drug-likeness (QED) is 0.599. The molecule has 3 aliphatic rings. The Morgan fingerprint density at radius 2 is 2.10 bits per heavy atom. The molecule has 2 aliphatic heterocycles. The van der Waals surface area contributed by atoms with Gasteiger partial charge in [0.25, 0.3) is 5.91 Å². The maximum atomic E-state index is 14.7. The number of nitrogens with one attached hydrogen (secondary N) is 2. The molecule has 154 valence electrons. The molecule has 2 unspecified atom stereocenters. The molecule has 9 heteroatoms. The van der Waals surface area contributed by atoms with E-state index in [0.717, 1.165) is 37.4 Å². The number of carbonyl (C=O) groups excluding carboxylic acids is 1. The van der Waals surface area contributed by atoms with Crippen LogP contribution in [0.25, 0.3) is 0 Å². The van der Waals surface area contributed by atoms with E-state index < -0.39 is 11.7 Å². The van der Waals surface area contributed by atoms with Crippen LogP contribution in [0, 0.1) is 11.7 Å². The largest absolute Gasteiger partial charge is 0.365 e. The van der Waals surface area contributed by atoms with E-state index in [4.69, 9.17) is 11.5 Å². The predicted molar refractivity (Wildman–Crippen MR) is 111 cm³/mol. The second-order valence-corrected chi connectivity index (χ2v) is 7.77. The number of hydrogen-bond acceptors (Lipinski definition) is 7. The predicted octanol–water partition coefficient (Wildman–Crippen LogP) is 1.78. The third kappa shape index (κ3) is 3.82. The molecule has 1 aliphatic carbocycles. The Morgan fingerprint density at radius 3 is 2.86 bits per heavy atom. The zero-order chi connectivity index (χ0) is 20.5. The number of nitrogens with zero attached hydrogens (tertiary/aromatic N) is 3. The minimum atomic E-state index is -0.750. The van der Waals surface area contributed by atoms with E-state index in [0.29, 0.717) is 0 Å². The molecule has 1 fully saturated rings. The molecular weight excluding hydrogens is 373 g/mol. The summed E-state index contributed by atoms with van der Waals surface area (Å²) in [6.45, 7) is 0.